The summed E-state index contributed by atoms with van der Waals surface area (Å²) in [4.78, 5) is 2.39. The number of thiophene rings is 2. The third-order valence-corrected chi connectivity index (χ3v) is 12.5. The zero-order valence-corrected chi connectivity index (χ0v) is 29.5. The van der Waals surface area contributed by atoms with Gasteiger partial charge in [0.2, 0.25) is 0 Å². The molecule has 52 heavy (non-hydrogen) atoms. The van der Waals surface area contributed by atoms with Gasteiger partial charge in [0.05, 0.1) is 11.1 Å². The molecule has 11 rings (SSSR count). The van der Waals surface area contributed by atoms with Crippen LogP contribution in [0.3, 0.4) is 0 Å². The van der Waals surface area contributed by atoms with Crippen molar-refractivity contribution in [3.8, 4) is 22.3 Å². The Labute approximate surface area is 308 Å². The second-order valence-electron chi connectivity index (χ2n) is 13.3. The van der Waals surface area contributed by atoms with Crippen LogP contribution in [0, 0.1) is 0 Å². The van der Waals surface area contributed by atoms with Crippen molar-refractivity contribution >= 4 is 102 Å². The largest absolute Gasteiger partial charge is 0.456 e. The van der Waals surface area contributed by atoms with Gasteiger partial charge in [0.15, 0.2) is 0 Å². The van der Waals surface area contributed by atoms with E-state index in [0.29, 0.717) is 0 Å². The monoisotopic (exact) mass is 699 g/mol. The van der Waals surface area contributed by atoms with Gasteiger partial charge in [0.25, 0.3) is 0 Å². The Kier molecular flexibility index (Phi) is 6.63. The van der Waals surface area contributed by atoms with Crippen LogP contribution in [0.2, 0.25) is 0 Å². The highest BCUT2D eigenvalue weighted by Gasteiger charge is 2.20. The predicted molar refractivity (Wildman–Crippen MR) is 225 cm³/mol. The zero-order chi connectivity index (χ0) is 34.2. The molecule has 0 atom stereocenters. The van der Waals surface area contributed by atoms with Crippen molar-refractivity contribution in [3.63, 3.8) is 0 Å². The number of benzene rings is 8. The van der Waals surface area contributed by atoms with Crippen LogP contribution in [-0.4, -0.2) is 0 Å². The molecule has 0 aliphatic heterocycles. The Morgan fingerprint density at radius 2 is 1.00 bits per heavy atom. The fraction of sp³-hybridized carbons (Fsp3) is 0. The molecular formula is C48H29NOS2. The summed E-state index contributed by atoms with van der Waals surface area (Å²) in [6.45, 7) is 0. The number of furan rings is 1. The minimum absolute atomic E-state index is 0.878. The first-order valence-corrected chi connectivity index (χ1v) is 19.1. The predicted octanol–water partition coefficient (Wildman–Crippen LogP) is 15.1. The highest BCUT2D eigenvalue weighted by Crippen LogP contribution is 2.45. The summed E-state index contributed by atoms with van der Waals surface area (Å²) in [5.41, 5.74) is 9.87. The minimum Gasteiger partial charge on any atom is -0.456 e. The maximum Gasteiger partial charge on any atom is 0.137 e. The molecule has 3 aromatic heterocycles. The second kappa shape index (κ2) is 11.7. The molecule has 0 amide bonds. The van der Waals surface area contributed by atoms with Crippen LogP contribution in [-0.2, 0) is 0 Å². The number of anilines is 3. The second-order valence-corrected chi connectivity index (χ2v) is 15.4. The Balaban J connectivity index is 1.09. The van der Waals surface area contributed by atoms with E-state index in [-0.39, 0.29) is 0 Å². The minimum atomic E-state index is 0.878. The Hall–Kier alpha value is -6.20. The Bertz CT molecular complexity index is 3150. The third-order valence-electron chi connectivity index (χ3n) is 10.3. The van der Waals surface area contributed by atoms with Gasteiger partial charge in [-0.25, -0.2) is 0 Å². The molecule has 2 nitrogen and oxygen atoms in total. The van der Waals surface area contributed by atoms with E-state index in [0.717, 1.165) is 39.0 Å². The maximum absolute atomic E-state index is 6.39. The van der Waals surface area contributed by atoms with Gasteiger partial charge in [0.1, 0.15) is 11.2 Å². The van der Waals surface area contributed by atoms with Crippen LogP contribution in [0.1, 0.15) is 0 Å². The molecule has 0 N–H and O–H groups in total. The van der Waals surface area contributed by atoms with Gasteiger partial charge in [-0.1, -0.05) is 109 Å². The zero-order valence-electron chi connectivity index (χ0n) is 27.9. The van der Waals surface area contributed by atoms with Gasteiger partial charge < -0.3 is 9.32 Å². The molecule has 3 heterocycles. The lowest BCUT2D eigenvalue weighted by Gasteiger charge is -2.27. The maximum atomic E-state index is 6.39. The Morgan fingerprint density at radius 1 is 0.365 bits per heavy atom. The topological polar surface area (TPSA) is 16.4 Å². The smallest absolute Gasteiger partial charge is 0.137 e. The molecule has 4 heteroatoms. The summed E-state index contributed by atoms with van der Waals surface area (Å²) in [5, 5.41) is 7.48. The molecule has 0 fully saturated rings. The first kappa shape index (κ1) is 29.5. The molecule has 0 unspecified atom stereocenters. The van der Waals surface area contributed by atoms with Gasteiger partial charge in [0, 0.05) is 57.1 Å². The molecule has 0 saturated carbocycles. The van der Waals surface area contributed by atoms with Crippen molar-refractivity contribution in [2.75, 3.05) is 4.90 Å². The highest BCUT2D eigenvalue weighted by molar-refractivity contribution is 7.26. The number of rotatable bonds is 5. The van der Waals surface area contributed by atoms with Gasteiger partial charge >= 0.3 is 0 Å². The summed E-state index contributed by atoms with van der Waals surface area (Å²) < 4.78 is 11.7. The van der Waals surface area contributed by atoms with Crippen LogP contribution < -0.4 is 4.90 Å². The van der Waals surface area contributed by atoms with E-state index in [2.05, 4.69) is 175 Å². The molecule has 8 aromatic carbocycles. The molecule has 0 saturated heterocycles. The molecule has 0 aliphatic rings. The summed E-state index contributed by atoms with van der Waals surface area (Å²) >= 11 is 3.72. The van der Waals surface area contributed by atoms with Crippen LogP contribution in [0.5, 0.6) is 0 Å². The van der Waals surface area contributed by atoms with Crippen molar-refractivity contribution in [2.45, 2.75) is 0 Å². The summed E-state index contributed by atoms with van der Waals surface area (Å²) in [6.07, 6.45) is 0. The number of fused-ring (bicyclic) bond motifs is 9. The highest BCUT2D eigenvalue weighted by atomic mass is 32.1. The molecule has 11 aromatic rings. The van der Waals surface area contributed by atoms with Crippen LogP contribution in [0.25, 0.3) is 84.5 Å². The fourth-order valence-corrected chi connectivity index (χ4v) is 10.2. The van der Waals surface area contributed by atoms with Crippen molar-refractivity contribution in [1.82, 2.24) is 0 Å². The first-order chi connectivity index (χ1) is 25.8. The molecule has 0 spiro atoms. The standard InChI is InChI=1S/C48H29NOS2/c1-4-17-41-38(13-1)48-40(16-9-18-42(48)50-41)49(33-25-22-30(23-26-33)35-15-8-21-45-47(35)39-14-3-6-20-44(39)51-45)34-11-7-10-31(28-34)32-24-27-37-36-12-2-5-19-43(36)52-46(37)29-32/h1-29H. The number of para-hydroxylation sites is 1. The quantitative estimate of drug-likeness (QED) is 0.178. The lowest BCUT2D eigenvalue weighted by atomic mass is 9.98. The van der Waals surface area contributed by atoms with Gasteiger partial charge in [-0.05, 0) is 89.0 Å². The fourth-order valence-electron chi connectivity index (χ4n) is 7.90. The Morgan fingerprint density at radius 3 is 1.88 bits per heavy atom. The van der Waals surface area contributed by atoms with Crippen molar-refractivity contribution in [1.29, 1.82) is 0 Å². The average molecular weight is 700 g/mol. The van der Waals surface area contributed by atoms with E-state index in [1.807, 2.05) is 28.7 Å². The molecule has 0 aliphatic carbocycles. The van der Waals surface area contributed by atoms with Crippen molar-refractivity contribution < 1.29 is 4.42 Å². The lowest BCUT2D eigenvalue weighted by Crippen LogP contribution is -2.10. The van der Waals surface area contributed by atoms with Crippen molar-refractivity contribution in [2.24, 2.45) is 0 Å². The molecular weight excluding hydrogens is 671 g/mol. The van der Waals surface area contributed by atoms with Crippen LogP contribution in [0.15, 0.2) is 180 Å². The first-order valence-electron chi connectivity index (χ1n) is 17.5. The molecule has 0 bridgehead atoms. The van der Waals surface area contributed by atoms with Gasteiger partial charge in [-0.3, -0.25) is 0 Å². The lowest BCUT2D eigenvalue weighted by molar-refractivity contribution is 0.669. The molecule has 244 valence electrons. The number of hydrogen-bond donors (Lipinski definition) is 0. The third kappa shape index (κ3) is 4.62. The molecule has 0 radical (unpaired) electrons. The number of hydrogen-bond acceptors (Lipinski definition) is 4. The SMILES string of the molecule is c1cc(-c2ccc3c(c2)sc2ccccc23)cc(N(c2ccc(-c3cccc4sc5ccccc5c34)cc2)c2cccc3oc4ccccc4c23)c1. The van der Waals surface area contributed by atoms with E-state index < -0.39 is 0 Å². The van der Waals surface area contributed by atoms with Crippen molar-refractivity contribution in [3.05, 3.63) is 176 Å². The summed E-state index contributed by atoms with van der Waals surface area (Å²) in [5.74, 6) is 0. The van der Waals surface area contributed by atoms with E-state index in [9.17, 15) is 0 Å². The number of nitrogens with zero attached hydrogens (tertiary/aromatic N) is 1. The summed E-state index contributed by atoms with van der Waals surface area (Å²) in [6, 6.07) is 63.7. The van der Waals surface area contributed by atoms with E-state index in [4.69, 9.17) is 4.42 Å². The van der Waals surface area contributed by atoms with Crippen LogP contribution >= 0.6 is 22.7 Å². The van der Waals surface area contributed by atoms with Crippen LogP contribution in [0.4, 0.5) is 17.1 Å². The van der Waals surface area contributed by atoms with E-state index in [1.165, 1.54) is 62.6 Å². The van der Waals surface area contributed by atoms with Gasteiger partial charge in [-0.2, -0.15) is 0 Å². The normalized spacial score (nSPS) is 11.8. The average Bonchev–Trinajstić information content (AvgIpc) is 3.90. The summed E-state index contributed by atoms with van der Waals surface area (Å²) in [7, 11) is 0. The van der Waals surface area contributed by atoms with Gasteiger partial charge in [-0.15, -0.1) is 22.7 Å². The van der Waals surface area contributed by atoms with E-state index >= 15 is 0 Å². The van der Waals surface area contributed by atoms with E-state index in [1.54, 1.807) is 0 Å².